The van der Waals surface area contributed by atoms with Gasteiger partial charge in [0.1, 0.15) is 5.75 Å². The zero-order valence-corrected chi connectivity index (χ0v) is 15.2. The molecule has 0 saturated carbocycles. The molecular weight excluding hydrogens is 322 g/mol. The molecule has 0 unspecified atom stereocenters. The number of rotatable bonds is 4. The average molecular weight is 343 g/mol. The van der Waals surface area contributed by atoms with E-state index < -0.39 is 0 Å². The molecule has 0 heterocycles. The predicted molar refractivity (Wildman–Crippen MR) is 106 cm³/mol. The Morgan fingerprint density at radius 2 is 1.50 bits per heavy atom. The minimum atomic E-state index is -0.360. The normalized spacial score (nSPS) is 10.9. The molecule has 0 bridgehead atoms. The van der Waals surface area contributed by atoms with Crippen LogP contribution in [0.5, 0.6) is 5.75 Å². The van der Waals surface area contributed by atoms with Gasteiger partial charge in [-0.2, -0.15) is 0 Å². The maximum atomic E-state index is 12.1. The van der Waals surface area contributed by atoms with Crippen molar-refractivity contribution in [2.24, 2.45) is 4.99 Å². The number of hydrogen-bond acceptors (Lipinski definition) is 3. The lowest BCUT2D eigenvalue weighted by Gasteiger charge is -2.05. The molecule has 0 aliphatic rings. The monoisotopic (exact) mass is 343 g/mol. The third kappa shape index (κ3) is 4.45. The first-order valence-corrected chi connectivity index (χ1v) is 8.51. The highest BCUT2D eigenvalue weighted by Crippen LogP contribution is 2.20. The SMILES string of the molecule is Cc1ccc(C(=O)Oc2ccc(C=Nc3ccc(C)cc3C)cc2)cc1. The van der Waals surface area contributed by atoms with Gasteiger partial charge in [0.25, 0.3) is 0 Å². The van der Waals surface area contributed by atoms with Crippen molar-refractivity contribution in [3.63, 3.8) is 0 Å². The molecule has 0 saturated heterocycles. The van der Waals surface area contributed by atoms with Gasteiger partial charge in [0.05, 0.1) is 11.3 Å². The van der Waals surface area contributed by atoms with E-state index in [0.29, 0.717) is 11.3 Å². The van der Waals surface area contributed by atoms with E-state index in [9.17, 15) is 4.79 Å². The first kappa shape index (κ1) is 17.6. The van der Waals surface area contributed by atoms with Crippen LogP contribution in [0.15, 0.2) is 71.7 Å². The van der Waals surface area contributed by atoms with Gasteiger partial charge >= 0.3 is 5.97 Å². The van der Waals surface area contributed by atoms with Gasteiger partial charge in [-0.3, -0.25) is 4.99 Å². The average Bonchev–Trinajstić information content (AvgIpc) is 2.63. The lowest BCUT2D eigenvalue weighted by molar-refractivity contribution is 0.0735. The van der Waals surface area contributed by atoms with Crippen LogP contribution >= 0.6 is 0 Å². The van der Waals surface area contributed by atoms with Crippen LogP contribution in [0.1, 0.15) is 32.6 Å². The molecule has 0 amide bonds. The Labute approximate surface area is 154 Å². The summed E-state index contributed by atoms with van der Waals surface area (Å²) >= 11 is 0. The molecule has 3 heteroatoms. The van der Waals surface area contributed by atoms with Crippen molar-refractivity contribution in [2.75, 3.05) is 0 Å². The molecular formula is C23H21NO2. The van der Waals surface area contributed by atoms with Crippen LogP contribution in [0.3, 0.4) is 0 Å². The maximum Gasteiger partial charge on any atom is 0.343 e. The Bertz CT molecular complexity index is 939. The quantitative estimate of drug-likeness (QED) is 0.352. The van der Waals surface area contributed by atoms with E-state index in [1.807, 2.05) is 56.5 Å². The van der Waals surface area contributed by atoms with E-state index >= 15 is 0 Å². The summed E-state index contributed by atoms with van der Waals surface area (Å²) in [4.78, 5) is 16.7. The number of esters is 1. The fourth-order valence-corrected chi connectivity index (χ4v) is 2.57. The molecule has 3 rings (SSSR count). The summed E-state index contributed by atoms with van der Waals surface area (Å²) in [6.45, 7) is 6.10. The van der Waals surface area contributed by atoms with Gasteiger partial charge in [0.2, 0.25) is 0 Å². The molecule has 0 aliphatic carbocycles. The molecule has 0 atom stereocenters. The minimum absolute atomic E-state index is 0.360. The fourth-order valence-electron chi connectivity index (χ4n) is 2.57. The van der Waals surface area contributed by atoms with Gasteiger partial charge in [-0.25, -0.2) is 4.79 Å². The van der Waals surface area contributed by atoms with Crippen molar-refractivity contribution in [3.05, 3.63) is 94.5 Å². The molecule has 130 valence electrons. The molecule has 0 aromatic heterocycles. The van der Waals surface area contributed by atoms with E-state index in [-0.39, 0.29) is 5.97 Å². The molecule has 0 radical (unpaired) electrons. The summed E-state index contributed by atoms with van der Waals surface area (Å²) in [6.07, 6.45) is 1.81. The standard InChI is InChI=1S/C23H21NO2/c1-16-4-9-20(10-5-16)23(25)26-21-11-7-19(8-12-21)15-24-22-13-6-17(2)14-18(22)3/h4-15H,1-3H3. The van der Waals surface area contributed by atoms with Crippen LogP contribution in [-0.4, -0.2) is 12.2 Å². The fraction of sp³-hybridized carbons (Fsp3) is 0.130. The lowest BCUT2D eigenvalue weighted by Crippen LogP contribution is -2.08. The van der Waals surface area contributed by atoms with Gasteiger partial charge < -0.3 is 4.74 Å². The molecule has 3 aromatic carbocycles. The topological polar surface area (TPSA) is 38.7 Å². The summed E-state index contributed by atoms with van der Waals surface area (Å²) in [5.41, 5.74) is 5.90. The number of aryl methyl sites for hydroxylation is 3. The Morgan fingerprint density at radius 1 is 0.846 bits per heavy atom. The maximum absolute atomic E-state index is 12.1. The second-order valence-corrected chi connectivity index (χ2v) is 6.37. The molecule has 0 fully saturated rings. The zero-order chi connectivity index (χ0) is 18.5. The van der Waals surface area contributed by atoms with Gasteiger partial charge in [-0.15, -0.1) is 0 Å². The smallest absolute Gasteiger partial charge is 0.343 e. The molecule has 0 spiro atoms. The third-order valence-electron chi connectivity index (χ3n) is 4.08. The molecule has 26 heavy (non-hydrogen) atoms. The minimum Gasteiger partial charge on any atom is -0.423 e. The predicted octanol–water partition coefficient (Wildman–Crippen LogP) is 5.58. The van der Waals surface area contributed by atoms with E-state index in [1.54, 1.807) is 24.3 Å². The van der Waals surface area contributed by atoms with Crippen molar-refractivity contribution in [1.82, 2.24) is 0 Å². The Morgan fingerprint density at radius 3 is 2.15 bits per heavy atom. The molecule has 0 N–H and O–H groups in total. The van der Waals surface area contributed by atoms with Crippen molar-refractivity contribution in [2.45, 2.75) is 20.8 Å². The highest BCUT2D eigenvalue weighted by Gasteiger charge is 2.07. The number of ether oxygens (including phenoxy) is 1. The van der Waals surface area contributed by atoms with Gasteiger partial charge in [-0.05, 0) is 74.4 Å². The Hall–Kier alpha value is -3.20. The number of nitrogens with zero attached hydrogens (tertiary/aromatic N) is 1. The van der Waals surface area contributed by atoms with E-state index in [1.165, 1.54) is 5.56 Å². The van der Waals surface area contributed by atoms with Gasteiger partial charge in [0.15, 0.2) is 0 Å². The van der Waals surface area contributed by atoms with E-state index in [0.717, 1.165) is 22.4 Å². The van der Waals surface area contributed by atoms with Crippen LogP contribution in [0.4, 0.5) is 5.69 Å². The van der Waals surface area contributed by atoms with Crippen LogP contribution in [0.25, 0.3) is 0 Å². The summed E-state index contributed by atoms with van der Waals surface area (Å²) in [5, 5.41) is 0. The van der Waals surface area contributed by atoms with Crippen molar-refractivity contribution in [1.29, 1.82) is 0 Å². The largest absolute Gasteiger partial charge is 0.423 e. The summed E-state index contributed by atoms with van der Waals surface area (Å²) < 4.78 is 5.41. The van der Waals surface area contributed by atoms with Crippen molar-refractivity contribution in [3.8, 4) is 5.75 Å². The second kappa shape index (κ2) is 7.79. The number of carbonyl (C=O) groups excluding carboxylic acids is 1. The van der Waals surface area contributed by atoms with Crippen LogP contribution in [0.2, 0.25) is 0 Å². The highest BCUT2D eigenvalue weighted by molar-refractivity contribution is 5.91. The van der Waals surface area contributed by atoms with Crippen molar-refractivity contribution >= 4 is 17.9 Å². The lowest BCUT2D eigenvalue weighted by atomic mass is 10.1. The highest BCUT2D eigenvalue weighted by atomic mass is 16.5. The van der Waals surface area contributed by atoms with Crippen LogP contribution in [0, 0.1) is 20.8 Å². The van der Waals surface area contributed by atoms with Gasteiger partial charge in [-0.1, -0.05) is 35.4 Å². The molecule has 3 nitrogen and oxygen atoms in total. The van der Waals surface area contributed by atoms with E-state index in [4.69, 9.17) is 4.74 Å². The second-order valence-electron chi connectivity index (χ2n) is 6.37. The van der Waals surface area contributed by atoms with Crippen LogP contribution in [-0.2, 0) is 0 Å². The molecule has 3 aromatic rings. The molecule has 0 aliphatic heterocycles. The summed E-state index contributed by atoms with van der Waals surface area (Å²) in [6, 6.07) is 20.8. The summed E-state index contributed by atoms with van der Waals surface area (Å²) in [7, 11) is 0. The summed E-state index contributed by atoms with van der Waals surface area (Å²) in [5.74, 6) is 0.154. The Kier molecular flexibility index (Phi) is 5.28. The number of hydrogen-bond donors (Lipinski definition) is 0. The first-order valence-electron chi connectivity index (χ1n) is 8.51. The third-order valence-corrected chi connectivity index (χ3v) is 4.08. The number of aliphatic imine (C=N–C) groups is 1. The Balaban J connectivity index is 1.67. The van der Waals surface area contributed by atoms with Crippen molar-refractivity contribution < 1.29 is 9.53 Å². The van der Waals surface area contributed by atoms with Crippen LogP contribution < -0.4 is 4.74 Å². The van der Waals surface area contributed by atoms with Gasteiger partial charge in [0, 0.05) is 6.21 Å². The van der Waals surface area contributed by atoms with E-state index in [2.05, 4.69) is 18.0 Å². The zero-order valence-electron chi connectivity index (χ0n) is 15.2. The number of carbonyl (C=O) groups is 1. The first-order chi connectivity index (χ1) is 12.5. The number of benzene rings is 3.